The smallest absolute Gasteiger partial charge is 0.266 e. The molecule has 2 aliphatic rings. The summed E-state index contributed by atoms with van der Waals surface area (Å²) in [7, 11) is 0. The molecular weight excluding hydrogens is 492 g/mol. The van der Waals surface area contributed by atoms with Crippen molar-refractivity contribution in [2.24, 2.45) is 5.92 Å². The van der Waals surface area contributed by atoms with Crippen molar-refractivity contribution in [3.63, 3.8) is 0 Å². The quantitative estimate of drug-likeness (QED) is 0.409. The van der Waals surface area contributed by atoms with E-state index in [9.17, 15) is 9.59 Å². The van der Waals surface area contributed by atoms with Crippen molar-refractivity contribution < 1.29 is 9.59 Å². The number of piperidine rings is 1. The maximum absolute atomic E-state index is 12.9. The second kappa shape index (κ2) is 10.1. The molecule has 2 heterocycles. The first-order chi connectivity index (χ1) is 15.0. The first-order valence-corrected chi connectivity index (χ1v) is 12.3. The predicted molar refractivity (Wildman–Crippen MR) is 133 cm³/mol. The molecule has 2 fully saturated rings. The van der Waals surface area contributed by atoms with E-state index >= 15 is 0 Å². The van der Waals surface area contributed by atoms with Crippen molar-refractivity contribution in [1.29, 1.82) is 0 Å². The van der Waals surface area contributed by atoms with Gasteiger partial charge in [-0.2, -0.15) is 0 Å². The van der Waals surface area contributed by atoms with Gasteiger partial charge in [0.15, 0.2) is 0 Å². The van der Waals surface area contributed by atoms with Crippen LogP contribution in [0, 0.1) is 5.92 Å². The number of amides is 2. The van der Waals surface area contributed by atoms with E-state index in [-0.39, 0.29) is 18.4 Å². The molecule has 4 nitrogen and oxygen atoms in total. The Morgan fingerprint density at radius 3 is 2.58 bits per heavy atom. The summed E-state index contributed by atoms with van der Waals surface area (Å²) in [6.07, 6.45) is 4.85. The van der Waals surface area contributed by atoms with Gasteiger partial charge in [0.05, 0.1) is 4.91 Å². The van der Waals surface area contributed by atoms with Crippen molar-refractivity contribution in [3.8, 4) is 0 Å². The van der Waals surface area contributed by atoms with Crippen LogP contribution >= 0.6 is 39.9 Å². The van der Waals surface area contributed by atoms with Crippen LogP contribution in [0.15, 0.2) is 64.0 Å². The van der Waals surface area contributed by atoms with Crippen molar-refractivity contribution in [2.45, 2.75) is 19.3 Å². The molecule has 0 spiro atoms. The van der Waals surface area contributed by atoms with Gasteiger partial charge in [-0.1, -0.05) is 82.4 Å². The van der Waals surface area contributed by atoms with E-state index in [1.54, 1.807) is 0 Å². The Morgan fingerprint density at radius 2 is 1.87 bits per heavy atom. The summed E-state index contributed by atoms with van der Waals surface area (Å²) >= 11 is 10.1. The Labute approximate surface area is 200 Å². The van der Waals surface area contributed by atoms with Crippen LogP contribution in [0.1, 0.15) is 24.0 Å². The Morgan fingerprint density at radius 1 is 1.13 bits per heavy atom. The molecule has 7 heteroatoms. The molecular formula is C24H23BrN2O2S2. The molecule has 0 saturated carbocycles. The van der Waals surface area contributed by atoms with Crippen molar-refractivity contribution in [3.05, 3.63) is 75.1 Å². The number of carbonyl (C=O) groups excluding carboxylic acids is 2. The molecule has 4 rings (SSSR count). The van der Waals surface area contributed by atoms with Gasteiger partial charge in [0.25, 0.3) is 5.91 Å². The minimum Gasteiger partial charge on any atom is -0.341 e. The van der Waals surface area contributed by atoms with E-state index < -0.39 is 0 Å². The van der Waals surface area contributed by atoms with E-state index in [4.69, 9.17) is 12.2 Å². The van der Waals surface area contributed by atoms with Crippen LogP contribution in [0.3, 0.4) is 0 Å². The standard InChI is InChI=1S/C24H23BrN2O2S2/c25-20-8-4-7-19(14-20)15-21-23(29)27(24(30)31-21)16-22(28)26-11-9-18(10-12-26)13-17-5-2-1-3-6-17/h1-8,14-15,18H,9-13,16H2. The lowest BCUT2D eigenvalue weighted by molar-refractivity contribution is -0.136. The van der Waals surface area contributed by atoms with E-state index in [1.807, 2.05) is 41.3 Å². The predicted octanol–water partition coefficient (Wildman–Crippen LogP) is 5.13. The molecule has 31 heavy (non-hydrogen) atoms. The number of thioether (sulfide) groups is 1. The number of hydrogen-bond acceptors (Lipinski definition) is 4. The Balaban J connectivity index is 1.32. The van der Waals surface area contributed by atoms with Gasteiger partial charge in [0.1, 0.15) is 10.9 Å². The molecule has 2 saturated heterocycles. The highest BCUT2D eigenvalue weighted by atomic mass is 79.9. The minimum atomic E-state index is -0.192. The Hall–Kier alpha value is -1.96. The largest absolute Gasteiger partial charge is 0.341 e. The molecule has 2 aliphatic heterocycles. The third-order valence-corrected chi connectivity index (χ3v) is 7.52. The molecule has 2 amide bonds. The molecule has 2 aromatic rings. The van der Waals surface area contributed by atoms with Crippen LogP contribution in [0.2, 0.25) is 0 Å². The first-order valence-electron chi connectivity index (χ1n) is 10.3. The number of benzene rings is 2. The third-order valence-electron chi connectivity index (χ3n) is 5.65. The van der Waals surface area contributed by atoms with Crippen LogP contribution in [0.25, 0.3) is 6.08 Å². The number of hydrogen-bond donors (Lipinski definition) is 0. The second-order valence-electron chi connectivity index (χ2n) is 7.84. The maximum Gasteiger partial charge on any atom is 0.266 e. The lowest BCUT2D eigenvalue weighted by Gasteiger charge is -2.33. The van der Waals surface area contributed by atoms with Gasteiger partial charge >= 0.3 is 0 Å². The highest BCUT2D eigenvalue weighted by Crippen LogP contribution is 2.33. The fourth-order valence-corrected chi connectivity index (χ4v) is 5.63. The summed E-state index contributed by atoms with van der Waals surface area (Å²) in [5.41, 5.74) is 2.27. The number of carbonyl (C=O) groups is 2. The molecule has 0 aliphatic carbocycles. The zero-order valence-electron chi connectivity index (χ0n) is 17.0. The third kappa shape index (κ3) is 5.64. The summed E-state index contributed by atoms with van der Waals surface area (Å²) in [5, 5.41) is 0. The van der Waals surface area contributed by atoms with Gasteiger partial charge in [-0.25, -0.2) is 0 Å². The van der Waals surface area contributed by atoms with Crippen molar-refractivity contribution in [2.75, 3.05) is 19.6 Å². The van der Waals surface area contributed by atoms with E-state index in [1.165, 1.54) is 22.2 Å². The molecule has 0 aromatic heterocycles. The topological polar surface area (TPSA) is 40.6 Å². The SMILES string of the molecule is O=C(CN1C(=O)C(=Cc2cccc(Br)c2)SC1=S)N1CCC(Cc2ccccc2)CC1. The van der Waals surface area contributed by atoms with Crippen LogP contribution in [-0.4, -0.2) is 45.6 Å². The lowest BCUT2D eigenvalue weighted by atomic mass is 9.90. The van der Waals surface area contributed by atoms with Gasteiger partial charge in [-0.15, -0.1) is 0 Å². The van der Waals surface area contributed by atoms with Crippen LogP contribution < -0.4 is 0 Å². The molecule has 0 N–H and O–H groups in total. The summed E-state index contributed by atoms with van der Waals surface area (Å²) in [6, 6.07) is 18.2. The van der Waals surface area contributed by atoms with Crippen molar-refractivity contribution >= 4 is 62.1 Å². The molecule has 0 unspecified atom stereocenters. The molecule has 160 valence electrons. The fraction of sp³-hybridized carbons (Fsp3) is 0.292. The molecule has 0 atom stereocenters. The second-order valence-corrected chi connectivity index (χ2v) is 10.4. The average Bonchev–Trinajstić information content (AvgIpc) is 3.02. The zero-order valence-corrected chi connectivity index (χ0v) is 20.2. The van der Waals surface area contributed by atoms with Gasteiger partial charge in [-0.05, 0) is 54.5 Å². The van der Waals surface area contributed by atoms with Crippen LogP contribution in [0.4, 0.5) is 0 Å². The van der Waals surface area contributed by atoms with E-state index in [2.05, 4.69) is 40.2 Å². The normalized spacial score (nSPS) is 18.8. The fourth-order valence-electron chi connectivity index (χ4n) is 3.95. The average molecular weight is 515 g/mol. The lowest BCUT2D eigenvalue weighted by Crippen LogP contribution is -2.45. The van der Waals surface area contributed by atoms with Crippen LogP contribution in [0.5, 0.6) is 0 Å². The first kappa shape index (κ1) is 22.2. The highest BCUT2D eigenvalue weighted by molar-refractivity contribution is 9.10. The highest BCUT2D eigenvalue weighted by Gasteiger charge is 2.35. The molecule has 0 radical (unpaired) electrons. The summed E-state index contributed by atoms with van der Waals surface area (Å²) in [5.74, 6) is 0.372. The van der Waals surface area contributed by atoms with Gasteiger partial charge in [0.2, 0.25) is 5.91 Å². The van der Waals surface area contributed by atoms with Crippen LogP contribution in [-0.2, 0) is 16.0 Å². The van der Waals surface area contributed by atoms with Gasteiger partial charge in [-0.3, -0.25) is 14.5 Å². The molecule has 2 aromatic carbocycles. The summed E-state index contributed by atoms with van der Waals surface area (Å²) in [4.78, 5) is 29.6. The Kier molecular flexibility index (Phi) is 7.25. The number of rotatable bonds is 5. The Bertz CT molecular complexity index is 1020. The number of nitrogens with zero attached hydrogens (tertiary/aromatic N) is 2. The van der Waals surface area contributed by atoms with E-state index in [0.717, 1.165) is 42.4 Å². The van der Waals surface area contributed by atoms with Gasteiger partial charge in [0, 0.05) is 17.6 Å². The molecule has 0 bridgehead atoms. The van der Waals surface area contributed by atoms with E-state index in [0.29, 0.717) is 15.1 Å². The van der Waals surface area contributed by atoms with Gasteiger partial charge < -0.3 is 4.90 Å². The summed E-state index contributed by atoms with van der Waals surface area (Å²) in [6.45, 7) is 1.49. The zero-order chi connectivity index (χ0) is 21.8. The number of likely N-dealkylation sites (tertiary alicyclic amines) is 1. The maximum atomic E-state index is 12.9. The van der Waals surface area contributed by atoms with Crippen molar-refractivity contribution in [1.82, 2.24) is 9.80 Å². The number of thiocarbonyl (C=S) groups is 1. The summed E-state index contributed by atoms with van der Waals surface area (Å²) < 4.78 is 1.39. The number of halogens is 1. The minimum absolute atomic E-state index is 0.0177. The monoisotopic (exact) mass is 514 g/mol.